The number of ether oxygens (including phenoxy) is 3. The Morgan fingerprint density at radius 1 is 1.02 bits per heavy atom. The van der Waals surface area contributed by atoms with Gasteiger partial charge in [0, 0.05) is 29.0 Å². The topological polar surface area (TPSA) is 146 Å². The number of aliphatic hydroxyl groups excluding tert-OH is 2. The van der Waals surface area contributed by atoms with E-state index in [1.165, 1.54) is 87.6 Å². The molecule has 10 nitrogen and oxygen atoms in total. The lowest BCUT2D eigenvalue weighted by molar-refractivity contribution is -0.280. The van der Waals surface area contributed by atoms with Crippen LogP contribution in [0, 0.1) is 17.3 Å². The molecule has 6 unspecified atom stereocenters. The summed E-state index contributed by atoms with van der Waals surface area (Å²) in [5.41, 5.74) is 4.88. The molecule has 2 aromatic carbocycles. The Hall–Kier alpha value is -3.18. The molecule has 10 heteroatoms. The predicted octanol–water partition coefficient (Wildman–Crippen LogP) is 3.43. The van der Waals surface area contributed by atoms with E-state index in [2.05, 4.69) is 47.4 Å². The Kier molecular flexibility index (Phi) is 8.28. The summed E-state index contributed by atoms with van der Waals surface area (Å²) in [5, 5.41) is 32.5. The summed E-state index contributed by atoms with van der Waals surface area (Å²) in [6.07, 6.45) is 7.40. The first kappa shape index (κ1) is 31.4. The van der Waals surface area contributed by atoms with E-state index in [1.807, 2.05) is 0 Å². The van der Waals surface area contributed by atoms with Crippen molar-refractivity contribution in [3.8, 4) is 11.5 Å². The van der Waals surface area contributed by atoms with Gasteiger partial charge in [-0.15, -0.1) is 0 Å². The Labute approximate surface area is 269 Å². The number of piperidine rings is 1. The van der Waals surface area contributed by atoms with Gasteiger partial charge in [-0.1, -0.05) is 42.8 Å². The van der Waals surface area contributed by atoms with Crippen molar-refractivity contribution in [1.82, 2.24) is 4.90 Å². The number of methoxy groups -OCH3 is 1. The molecule has 3 aliphatic carbocycles. The van der Waals surface area contributed by atoms with E-state index < -0.39 is 24.1 Å². The van der Waals surface area contributed by atoms with Gasteiger partial charge in [0.15, 0.2) is 23.7 Å². The minimum Gasteiger partial charge on any atom is -0.493 e. The number of aliphatic carboxylic acids is 2. The first-order valence-corrected chi connectivity index (χ1v) is 16.8. The van der Waals surface area contributed by atoms with Gasteiger partial charge in [0.05, 0.1) is 13.7 Å². The van der Waals surface area contributed by atoms with Crippen LogP contribution < -0.4 is 9.47 Å². The Morgan fingerprint density at radius 3 is 2.39 bits per heavy atom. The molecule has 0 radical (unpaired) electrons. The van der Waals surface area contributed by atoms with Crippen molar-refractivity contribution < 1.29 is 44.2 Å². The van der Waals surface area contributed by atoms with Crippen LogP contribution in [0.15, 0.2) is 42.5 Å². The van der Waals surface area contributed by atoms with E-state index in [4.69, 9.17) is 34.6 Å². The fraction of sp³-hybridized carbons (Fsp3) is 0.611. The lowest BCUT2D eigenvalue weighted by Gasteiger charge is -2.67. The van der Waals surface area contributed by atoms with Gasteiger partial charge in [0.25, 0.3) is 0 Å². The summed E-state index contributed by atoms with van der Waals surface area (Å²) in [7, 11) is 1.79. The molecule has 2 aromatic rings. The Balaban J connectivity index is 0.000000296. The molecule has 248 valence electrons. The second-order valence-corrected chi connectivity index (χ2v) is 14.3. The molecule has 46 heavy (non-hydrogen) atoms. The fourth-order valence-electron chi connectivity index (χ4n) is 9.36. The van der Waals surface area contributed by atoms with E-state index in [-0.39, 0.29) is 23.0 Å². The molecule has 2 bridgehead atoms. The number of rotatable bonds is 11. The molecule has 1 spiro atoms. The minimum absolute atomic E-state index is 0.112. The van der Waals surface area contributed by atoms with Gasteiger partial charge in [-0.25, -0.2) is 9.59 Å². The van der Waals surface area contributed by atoms with Gasteiger partial charge < -0.3 is 34.6 Å². The van der Waals surface area contributed by atoms with Gasteiger partial charge in [0.2, 0.25) is 0 Å². The van der Waals surface area contributed by atoms with Crippen LogP contribution in [0.1, 0.15) is 61.6 Å². The SMILES string of the molecule is COc1ccc2c3c1OC1[C@H]4OC[C@@]4(CCCCc4ccccc4)CC4C(C2)N(CC2CC2)CCC341.O=C(O)C(O)C(O)C(=O)O. The van der Waals surface area contributed by atoms with Crippen molar-refractivity contribution in [3.63, 3.8) is 0 Å². The van der Waals surface area contributed by atoms with E-state index >= 15 is 0 Å². The van der Waals surface area contributed by atoms with Crippen molar-refractivity contribution >= 4 is 11.9 Å². The maximum absolute atomic E-state index is 9.77. The number of carboxylic acid groups (broad SMARTS) is 2. The highest BCUT2D eigenvalue weighted by molar-refractivity contribution is 5.83. The van der Waals surface area contributed by atoms with E-state index in [9.17, 15) is 9.59 Å². The van der Waals surface area contributed by atoms with E-state index in [0.717, 1.165) is 24.0 Å². The highest BCUT2D eigenvalue weighted by Gasteiger charge is 2.73. The first-order valence-electron chi connectivity index (χ1n) is 16.8. The number of carboxylic acids is 2. The third-order valence-corrected chi connectivity index (χ3v) is 11.8. The zero-order chi connectivity index (χ0) is 32.2. The highest BCUT2D eigenvalue weighted by atomic mass is 16.6. The average molecular weight is 636 g/mol. The molecule has 4 fully saturated rings. The number of aryl methyl sites for hydroxylation is 1. The number of unbranched alkanes of at least 4 members (excludes halogenated alkanes) is 1. The smallest absolute Gasteiger partial charge is 0.335 e. The van der Waals surface area contributed by atoms with Crippen molar-refractivity contribution in [2.75, 3.05) is 26.8 Å². The van der Waals surface area contributed by atoms with Crippen LogP contribution in [0.4, 0.5) is 0 Å². The van der Waals surface area contributed by atoms with Gasteiger partial charge in [-0.05, 0) is 86.9 Å². The molecule has 8 atom stereocenters. The maximum atomic E-state index is 9.77. The lowest BCUT2D eigenvalue weighted by atomic mass is 9.45. The van der Waals surface area contributed by atoms with Gasteiger partial charge in [0.1, 0.15) is 12.2 Å². The van der Waals surface area contributed by atoms with Crippen LogP contribution >= 0.6 is 0 Å². The monoisotopic (exact) mass is 635 g/mol. The number of carbonyl (C=O) groups is 2. The number of likely N-dealkylation sites (tertiary alicyclic amines) is 1. The largest absolute Gasteiger partial charge is 0.493 e. The zero-order valence-corrected chi connectivity index (χ0v) is 26.3. The van der Waals surface area contributed by atoms with Crippen molar-refractivity contribution in [2.45, 2.75) is 93.7 Å². The molecule has 3 heterocycles. The summed E-state index contributed by atoms with van der Waals surface area (Å²) in [4.78, 5) is 22.4. The fourth-order valence-corrected chi connectivity index (χ4v) is 9.36. The van der Waals surface area contributed by atoms with Crippen LogP contribution in [0.25, 0.3) is 0 Å². The van der Waals surface area contributed by atoms with Crippen molar-refractivity contribution in [3.05, 3.63) is 59.2 Å². The second kappa shape index (κ2) is 12.1. The lowest BCUT2D eigenvalue weighted by Crippen LogP contribution is -2.75. The zero-order valence-electron chi connectivity index (χ0n) is 26.3. The van der Waals surface area contributed by atoms with Crippen LogP contribution in [0.3, 0.4) is 0 Å². The number of benzene rings is 2. The Morgan fingerprint density at radius 2 is 1.76 bits per heavy atom. The first-order chi connectivity index (χ1) is 22.2. The predicted molar refractivity (Wildman–Crippen MR) is 167 cm³/mol. The van der Waals surface area contributed by atoms with E-state index in [0.29, 0.717) is 12.0 Å². The third-order valence-electron chi connectivity index (χ3n) is 11.8. The van der Waals surface area contributed by atoms with Gasteiger partial charge >= 0.3 is 11.9 Å². The average Bonchev–Trinajstić information content (AvgIpc) is 3.80. The maximum Gasteiger partial charge on any atom is 0.335 e. The molecule has 4 N–H and O–H groups in total. The molecule has 6 aliphatic rings. The summed E-state index contributed by atoms with van der Waals surface area (Å²) in [6, 6.07) is 16.1. The van der Waals surface area contributed by atoms with Crippen LogP contribution in [-0.4, -0.2) is 94.5 Å². The summed E-state index contributed by atoms with van der Waals surface area (Å²) < 4.78 is 19.3. The van der Waals surface area contributed by atoms with Crippen molar-refractivity contribution in [2.24, 2.45) is 17.3 Å². The molecule has 0 amide bonds. The number of hydrogen-bond acceptors (Lipinski definition) is 8. The summed E-state index contributed by atoms with van der Waals surface area (Å²) in [5.74, 6) is 0.0464. The number of nitrogens with zero attached hydrogens (tertiary/aromatic N) is 1. The molecular weight excluding hydrogens is 590 g/mol. The quantitative estimate of drug-likeness (QED) is 0.271. The molecule has 2 saturated heterocycles. The summed E-state index contributed by atoms with van der Waals surface area (Å²) >= 11 is 0. The second-order valence-electron chi connectivity index (χ2n) is 14.3. The molecule has 3 aliphatic heterocycles. The molecule has 0 aromatic heterocycles. The Bertz CT molecular complexity index is 1440. The van der Waals surface area contributed by atoms with Gasteiger partial charge in [-0.2, -0.15) is 0 Å². The number of hydrogen-bond donors (Lipinski definition) is 4. The highest BCUT2D eigenvalue weighted by Crippen LogP contribution is 2.69. The third kappa shape index (κ3) is 5.18. The molecule has 2 saturated carbocycles. The molecular formula is C36H45NO9. The van der Waals surface area contributed by atoms with Crippen LogP contribution in [-0.2, 0) is 32.6 Å². The van der Waals surface area contributed by atoms with E-state index in [1.54, 1.807) is 7.11 Å². The van der Waals surface area contributed by atoms with Gasteiger partial charge in [-0.3, -0.25) is 4.90 Å². The standard InChI is InChI=1S/C32H39NO3.C4H6O6/c1-34-26-13-12-23-17-25-24-18-31(14-6-5-9-21-7-3-2-4-8-21)20-35-29(31)30-32(24,27(23)28(26)36-30)15-16-33(25)19-22-10-11-22;5-1(3(7)8)2(6)4(9)10/h2-4,7-8,12-13,22,24-25,29-30H,5-6,9-11,14-20H2,1H3;1-2,5-6H,(H,7,8)(H,9,10)/t24?,25?,29-,30?,31-,32?;/m1./s1. The van der Waals surface area contributed by atoms with Crippen molar-refractivity contribution in [1.29, 1.82) is 0 Å². The minimum atomic E-state index is -2.27. The number of fused-ring (bicyclic) bond motifs is 2. The van der Waals surface area contributed by atoms with Crippen LogP contribution in [0.5, 0.6) is 11.5 Å². The number of aliphatic hydroxyl groups is 2. The molecule has 8 rings (SSSR count). The van der Waals surface area contributed by atoms with Crippen LogP contribution in [0.2, 0.25) is 0 Å². The summed E-state index contributed by atoms with van der Waals surface area (Å²) in [6.45, 7) is 3.45. The normalized spacial score (nSPS) is 32.8.